The zero-order valence-electron chi connectivity index (χ0n) is 9.21. The predicted octanol–water partition coefficient (Wildman–Crippen LogP) is -0.237. The highest BCUT2D eigenvalue weighted by Crippen LogP contribution is 2.09. The lowest BCUT2D eigenvalue weighted by atomic mass is 10.2. The minimum Gasteiger partial charge on any atom is -0.479 e. The van der Waals surface area contributed by atoms with Crippen molar-refractivity contribution in [1.82, 2.24) is 5.32 Å². The normalized spacial score (nSPS) is 13.7. The Morgan fingerprint density at radius 3 is 2.22 bits per heavy atom. The van der Waals surface area contributed by atoms with E-state index in [0.717, 1.165) is 5.56 Å². The summed E-state index contributed by atoms with van der Waals surface area (Å²) in [5, 5.41) is 29.4. The fourth-order valence-corrected chi connectivity index (χ4v) is 1.30. The molecule has 6 nitrogen and oxygen atoms in total. The summed E-state index contributed by atoms with van der Waals surface area (Å²) >= 11 is 5.68. The van der Waals surface area contributed by atoms with Gasteiger partial charge in [-0.05, 0) is 17.7 Å². The Kier molecular flexibility index (Phi) is 5.08. The van der Waals surface area contributed by atoms with Crippen LogP contribution in [0.15, 0.2) is 24.3 Å². The Balaban J connectivity index is 2.50. The van der Waals surface area contributed by atoms with Crippen LogP contribution in [-0.2, 0) is 16.1 Å². The molecule has 0 spiro atoms. The molecule has 1 amide bonds. The number of rotatable bonds is 5. The number of carboxylic acids is 1. The van der Waals surface area contributed by atoms with Crippen LogP contribution in [-0.4, -0.2) is 39.4 Å². The standard InChI is InChI=1S/C11H12ClNO5/c12-7-3-1-6(2-4-7)5-13-10(16)8(14)9(15)11(17)18/h1-4,8-9,14-15H,5H2,(H,13,16)(H,17,18)/t8-,9+/m1/s1. The number of hydrogen-bond acceptors (Lipinski definition) is 4. The van der Waals surface area contributed by atoms with E-state index in [9.17, 15) is 14.7 Å². The maximum absolute atomic E-state index is 11.3. The van der Waals surface area contributed by atoms with Gasteiger partial charge in [0.15, 0.2) is 12.2 Å². The van der Waals surface area contributed by atoms with Gasteiger partial charge in [-0.3, -0.25) is 4.79 Å². The number of aliphatic carboxylic acids is 1. The van der Waals surface area contributed by atoms with Gasteiger partial charge in [-0.15, -0.1) is 0 Å². The van der Waals surface area contributed by atoms with Gasteiger partial charge in [0, 0.05) is 11.6 Å². The molecule has 18 heavy (non-hydrogen) atoms. The highest BCUT2D eigenvalue weighted by molar-refractivity contribution is 6.30. The largest absolute Gasteiger partial charge is 0.479 e. The number of aliphatic hydroxyl groups excluding tert-OH is 2. The number of benzene rings is 1. The minimum atomic E-state index is -2.14. The summed E-state index contributed by atoms with van der Waals surface area (Å²) in [7, 11) is 0. The smallest absolute Gasteiger partial charge is 0.335 e. The van der Waals surface area contributed by atoms with E-state index >= 15 is 0 Å². The van der Waals surface area contributed by atoms with Gasteiger partial charge in [-0.2, -0.15) is 0 Å². The molecular formula is C11H12ClNO5. The second-order valence-electron chi connectivity index (χ2n) is 3.57. The molecule has 0 unspecified atom stereocenters. The van der Waals surface area contributed by atoms with E-state index in [-0.39, 0.29) is 6.54 Å². The summed E-state index contributed by atoms with van der Waals surface area (Å²) < 4.78 is 0. The van der Waals surface area contributed by atoms with E-state index in [0.29, 0.717) is 5.02 Å². The average molecular weight is 274 g/mol. The monoisotopic (exact) mass is 273 g/mol. The van der Waals surface area contributed by atoms with Crippen molar-refractivity contribution in [2.24, 2.45) is 0 Å². The molecule has 0 radical (unpaired) electrons. The lowest BCUT2D eigenvalue weighted by Gasteiger charge is -2.13. The van der Waals surface area contributed by atoms with Crippen LogP contribution in [0, 0.1) is 0 Å². The van der Waals surface area contributed by atoms with Gasteiger partial charge in [0.25, 0.3) is 5.91 Å². The zero-order chi connectivity index (χ0) is 13.7. The van der Waals surface area contributed by atoms with Crippen molar-refractivity contribution in [2.75, 3.05) is 0 Å². The van der Waals surface area contributed by atoms with E-state index in [4.69, 9.17) is 21.8 Å². The number of carbonyl (C=O) groups is 2. The van der Waals surface area contributed by atoms with Crippen LogP contribution in [0.1, 0.15) is 5.56 Å². The van der Waals surface area contributed by atoms with Gasteiger partial charge in [0.1, 0.15) is 0 Å². The maximum atomic E-state index is 11.3. The summed E-state index contributed by atoms with van der Waals surface area (Å²) in [6.45, 7) is 0.0966. The molecule has 0 heterocycles. The number of hydrogen-bond donors (Lipinski definition) is 4. The summed E-state index contributed by atoms with van der Waals surface area (Å²) in [6.07, 6.45) is -4.15. The molecule has 0 aromatic heterocycles. The van der Waals surface area contributed by atoms with E-state index in [2.05, 4.69) is 5.32 Å². The first-order valence-electron chi connectivity index (χ1n) is 5.03. The van der Waals surface area contributed by atoms with Gasteiger partial charge < -0.3 is 20.6 Å². The van der Waals surface area contributed by atoms with E-state index in [1.54, 1.807) is 24.3 Å². The Bertz CT molecular complexity index is 434. The van der Waals surface area contributed by atoms with Crippen molar-refractivity contribution >= 4 is 23.5 Å². The van der Waals surface area contributed by atoms with Gasteiger partial charge in [0.2, 0.25) is 0 Å². The fraction of sp³-hybridized carbons (Fsp3) is 0.273. The lowest BCUT2D eigenvalue weighted by molar-refractivity contribution is -0.158. The fourth-order valence-electron chi connectivity index (χ4n) is 1.17. The molecule has 2 atom stereocenters. The first kappa shape index (κ1) is 14.4. The van der Waals surface area contributed by atoms with E-state index < -0.39 is 24.1 Å². The molecule has 0 aliphatic heterocycles. The van der Waals surface area contributed by atoms with Crippen LogP contribution < -0.4 is 5.32 Å². The van der Waals surface area contributed by atoms with Crippen LogP contribution in [0.2, 0.25) is 5.02 Å². The molecule has 1 aromatic carbocycles. The molecule has 4 N–H and O–H groups in total. The molecule has 0 saturated carbocycles. The molecule has 0 aliphatic carbocycles. The Morgan fingerprint density at radius 1 is 1.17 bits per heavy atom. The summed E-state index contributed by atoms with van der Waals surface area (Å²) in [5.41, 5.74) is 0.727. The SMILES string of the molecule is O=C(O)[C@@H](O)[C@@H](O)C(=O)NCc1ccc(Cl)cc1. The van der Waals surface area contributed by atoms with Crippen molar-refractivity contribution in [1.29, 1.82) is 0 Å². The molecule has 1 rings (SSSR count). The number of nitrogens with one attached hydrogen (secondary N) is 1. The highest BCUT2D eigenvalue weighted by atomic mass is 35.5. The van der Waals surface area contributed by atoms with Crippen LogP contribution >= 0.6 is 11.6 Å². The average Bonchev–Trinajstić information content (AvgIpc) is 2.35. The summed E-state index contributed by atoms with van der Waals surface area (Å²) in [6, 6.07) is 6.60. The van der Waals surface area contributed by atoms with Crippen molar-refractivity contribution in [3.63, 3.8) is 0 Å². The minimum absolute atomic E-state index is 0.0966. The second kappa shape index (κ2) is 6.34. The first-order chi connectivity index (χ1) is 8.41. The summed E-state index contributed by atoms with van der Waals surface area (Å²) in [5.74, 6) is -2.62. The highest BCUT2D eigenvalue weighted by Gasteiger charge is 2.29. The molecule has 1 aromatic rings. The molecular weight excluding hydrogens is 262 g/mol. The van der Waals surface area contributed by atoms with E-state index in [1.807, 2.05) is 0 Å². The number of aliphatic hydroxyl groups is 2. The van der Waals surface area contributed by atoms with Gasteiger partial charge in [-0.25, -0.2) is 4.79 Å². The summed E-state index contributed by atoms with van der Waals surface area (Å²) in [4.78, 5) is 21.7. The molecule has 0 aliphatic rings. The number of halogens is 1. The van der Waals surface area contributed by atoms with Gasteiger partial charge in [0.05, 0.1) is 0 Å². The van der Waals surface area contributed by atoms with Crippen LogP contribution in [0.3, 0.4) is 0 Å². The first-order valence-corrected chi connectivity index (χ1v) is 5.40. The Hall–Kier alpha value is -1.63. The molecule has 98 valence electrons. The van der Waals surface area contributed by atoms with Crippen LogP contribution in [0.5, 0.6) is 0 Å². The third-order valence-electron chi connectivity index (χ3n) is 2.20. The number of amides is 1. The van der Waals surface area contributed by atoms with Crippen LogP contribution in [0.4, 0.5) is 0 Å². The third kappa shape index (κ3) is 3.99. The van der Waals surface area contributed by atoms with Crippen molar-refractivity contribution in [3.05, 3.63) is 34.9 Å². The Labute approximate surface area is 108 Å². The number of carboxylic acid groups (broad SMARTS) is 1. The molecule has 7 heteroatoms. The Morgan fingerprint density at radius 2 is 1.72 bits per heavy atom. The van der Waals surface area contributed by atoms with Crippen LogP contribution in [0.25, 0.3) is 0 Å². The van der Waals surface area contributed by atoms with Crippen molar-refractivity contribution in [3.8, 4) is 0 Å². The predicted molar refractivity (Wildman–Crippen MR) is 62.9 cm³/mol. The number of carbonyl (C=O) groups excluding carboxylic acids is 1. The maximum Gasteiger partial charge on any atom is 0.335 e. The van der Waals surface area contributed by atoms with Crippen molar-refractivity contribution < 1.29 is 24.9 Å². The second-order valence-corrected chi connectivity index (χ2v) is 4.01. The molecule has 0 bridgehead atoms. The van der Waals surface area contributed by atoms with Gasteiger partial charge in [-0.1, -0.05) is 23.7 Å². The van der Waals surface area contributed by atoms with E-state index in [1.165, 1.54) is 0 Å². The molecule has 0 fully saturated rings. The van der Waals surface area contributed by atoms with Crippen molar-refractivity contribution in [2.45, 2.75) is 18.8 Å². The topological polar surface area (TPSA) is 107 Å². The lowest BCUT2D eigenvalue weighted by Crippen LogP contribution is -2.45. The zero-order valence-corrected chi connectivity index (χ0v) is 9.96. The molecule has 0 saturated heterocycles. The third-order valence-corrected chi connectivity index (χ3v) is 2.45. The van der Waals surface area contributed by atoms with Gasteiger partial charge >= 0.3 is 5.97 Å². The quantitative estimate of drug-likeness (QED) is 0.592.